The number of carbonyl (C=O) groups excluding carboxylic acids is 2. The molecule has 0 unspecified atom stereocenters. The number of ether oxygens (including phenoxy) is 1. The number of aliphatic imine (C=N–C) groups is 1. The van der Waals surface area contributed by atoms with Gasteiger partial charge in [0.15, 0.2) is 5.96 Å². The minimum atomic E-state index is -0.497. The maximum atomic E-state index is 11.8. The Hall–Kier alpha value is -1.06. The van der Waals surface area contributed by atoms with E-state index in [0.717, 1.165) is 38.4 Å². The van der Waals surface area contributed by atoms with Crippen molar-refractivity contribution in [1.82, 2.24) is 15.5 Å². The fourth-order valence-electron chi connectivity index (χ4n) is 2.65. The average Bonchev–Trinajstić information content (AvgIpc) is 2.50. The van der Waals surface area contributed by atoms with Crippen molar-refractivity contribution < 1.29 is 14.3 Å². The Bertz CT molecular complexity index is 455. The van der Waals surface area contributed by atoms with Crippen LogP contribution in [-0.4, -0.2) is 61.6 Å². The Morgan fingerprint density at radius 3 is 2.32 bits per heavy atom. The number of likely N-dealkylation sites (tertiary alicyclic amines) is 1. The van der Waals surface area contributed by atoms with Crippen LogP contribution in [0.5, 0.6) is 0 Å². The van der Waals surface area contributed by atoms with Gasteiger partial charge in [-0.1, -0.05) is 0 Å². The van der Waals surface area contributed by atoms with Crippen molar-refractivity contribution in [3.05, 3.63) is 0 Å². The highest BCUT2D eigenvalue weighted by atomic mass is 127. The maximum Gasteiger partial charge on any atom is 0.328 e. The molecule has 0 aliphatic carbocycles. The lowest BCUT2D eigenvalue weighted by Gasteiger charge is -2.34. The third-order valence-electron chi connectivity index (χ3n) is 3.78. The van der Waals surface area contributed by atoms with Crippen LogP contribution in [-0.2, 0) is 14.3 Å². The van der Waals surface area contributed by atoms with Gasteiger partial charge in [-0.05, 0) is 46.5 Å². The van der Waals surface area contributed by atoms with E-state index in [9.17, 15) is 9.59 Å². The van der Waals surface area contributed by atoms with Gasteiger partial charge >= 0.3 is 5.97 Å². The number of nitrogens with zero attached hydrogens (tertiary/aromatic N) is 2. The largest absolute Gasteiger partial charge is 0.459 e. The van der Waals surface area contributed by atoms with Gasteiger partial charge in [0.05, 0.1) is 0 Å². The van der Waals surface area contributed by atoms with Gasteiger partial charge in [-0.2, -0.15) is 0 Å². The van der Waals surface area contributed by atoms with Crippen molar-refractivity contribution in [3.8, 4) is 0 Å². The molecule has 25 heavy (non-hydrogen) atoms. The molecular weight excluding hydrogens is 435 g/mol. The van der Waals surface area contributed by atoms with E-state index in [1.54, 1.807) is 7.05 Å². The minimum Gasteiger partial charge on any atom is -0.459 e. The molecule has 1 aliphatic rings. The fraction of sp³-hybridized carbons (Fsp3) is 0.824. The molecule has 0 spiro atoms. The summed E-state index contributed by atoms with van der Waals surface area (Å²) in [5, 5.41) is 5.90. The lowest BCUT2D eigenvalue weighted by atomic mass is 9.93. The van der Waals surface area contributed by atoms with Crippen LogP contribution in [0.15, 0.2) is 4.99 Å². The lowest BCUT2D eigenvalue weighted by molar-refractivity contribution is -0.152. The summed E-state index contributed by atoms with van der Waals surface area (Å²) in [6, 6.07) is 0. The average molecular weight is 468 g/mol. The number of amides is 1. The van der Waals surface area contributed by atoms with E-state index in [1.165, 1.54) is 0 Å². The van der Waals surface area contributed by atoms with Crippen molar-refractivity contribution in [3.63, 3.8) is 0 Å². The third-order valence-corrected chi connectivity index (χ3v) is 3.78. The van der Waals surface area contributed by atoms with Crippen LogP contribution in [0.1, 0.15) is 47.0 Å². The van der Waals surface area contributed by atoms with E-state index in [-0.39, 0.29) is 42.4 Å². The van der Waals surface area contributed by atoms with Gasteiger partial charge in [-0.3, -0.25) is 9.59 Å². The molecule has 7 nitrogen and oxygen atoms in total. The summed E-state index contributed by atoms with van der Waals surface area (Å²) in [4.78, 5) is 29.9. The van der Waals surface area contributed by atoms with Crippen LogP contribution in [0.25, 0.3) is 0 Å². The molecule has 0 radical (unpaired) electrons. The lowest BCUT2D eigenvalue weighted by Crippen LogP contribution is -2.46. The molecule has 146 valence electrons. The Morgan fingerprint density at radius 2 is 1.84 bits per heavy atom. The number of esters is 1. The smallest absolute Gasteiger partial charge is 0.328 e. The topological polar surface area (TPSA) is 83.0 Å². The quantitative estimate of drug-likeness (QED) is 0.278. The first-order chi connectivity index (χ1) is 11.2. The first kappa shape index (κ1) is 23.9. The monoisotopic (exact) mass is 468 g/mol. The molecule has 1 amide bonds. The van der Waals surface area contributed by atoms with Gasteiger partial charge in [0, 0.05) is 33.1 Å². The van der Waals surface area contributed by atoms with Crippen LogP contribution >= 0.6 is 24.0 Å². The SMILES string of the molecule is CCNC(=NCC(=O)OC(C)(C)C)N1CCC(CC(=O)NC)CC1.I. The van der Waals surface area contributed by atoms with Gasteiger partial charge in [0.1, 0.15) is 12.1 Å². The van der Waals surface area contributed by atoms with E-state index in [2.05, 4.69) is 20.5 Å². The molecule has 2 N–H and O–H groups in total. The van der Waals surface area contributed by atoms with E-state index in [1.807, 2.05) is 27.7 Å². The molecule has 1 heterocycles. The predicted molar refractivity (Wildman–Crippen MR) is 110 cm³/mol. The Morgan fingerprint density at radius 1 is 1.24 bits per heavy atom. The standard InChI is InChI=1S/C17H32N4O3.HI/c1-6-19-16(20-12-15(23)24-17(2,3)4)21-9-7-13(8-10-21)11-14(22)18-5;/h13H,6-12H2,1-5H3,(H,18,22)(H,19,20);1H. The Labute approximate surface area is 168 Å². The number of hydrogen-bond donors (Lipinski definition) is 2. The summed E-state index contributed by atoms with van der Waals surface area (Å²) in [5.74, 6) is 0.919. The van der Waals surface area contributed by atoms with Crippen LogP contribution in [0.2, 0.25) is 0 Å². The zero-order valence-corrected chi connectivity index (χ0v) is 18.4. The van der Waals surface area contributed by atoms with Crippen molar-refractivity contribution in [1.29, 1.82) is 0 Å². The minimum absolute atomic E-state index is 0. The predicted octanol–water partition coefficient (Wildman–Crippen LogP) is 1.76. The third kappa shape index (κ3) is 9.86. The molecule has 1 rings (SSSR count). The first-order valence-electron chi connectivity index (χ1n) is 8.70. The summed E-state index contributed by atoms with van der Waals surface area (Å²) < 4.78 is 5.29. The highest BCUT2D eigenvalue weighted by Gasteiger charge is 2.23. The molecular formula is C17H33IN4O3. The summed E-state index contributed by atoms with van der Waals surface area (Å²) in [6.07, 6.45) is 2.48. The summed E-state index contributed by atoms with van der Waals surface area (Å²) in [6.45, 7) is 9.96. The van der Waals surface area contributed by atoms with Gasteiger partial charge in [0.25, 0.3) is 0 Å². The normalized spacial score (nSPS) is 16.0. The molecule has 8 heteroatoms. The second-order valence-corrected chi connectivity index (χ2v) is 7.06. The van der Waals surface area contributed by atoms with Crippen molar-refractivity contribution in [2.75, 3.05) is 33.2 Å². The fourth-order valence-corrected chi connectivity index (χ4v) is 2.65. The highest BCUT2D eigenvalue weighted by molar-refractivity contribution is 14.0. The number of piperidine rings is 1. The molecule has 0 atom stereocenters. The zero-order chi connectivity index (χ0) is 18.2. The summed E-state index contributed by atoms with van der Waals surface area (Å²) in [5.41, 5.74) is -0.497. The molecule has 0 aromatic carbocycles. The summed E-state index contributed by atoms with van der Waals surface area (Å²) >= 11 is 0. The second-order valence-electron chi connectivity index (χ2n) is 7.06. The van der Waals surface area contributed by atoms with E-state index in [4.69, 9.17) is 4.74 Å². The van der Waals surface area contributed by atoms with Crippen molar-refractivity contribution in [2.24, 2.45) is 10.9 Å². The Kier molecular flexibility index (Phi) is 11.0. The van der Waals surface area contributed by atoms with Crippen LogP contribution in [0, 0.1) is 5.92 Å². The van der Waals surface area contributed by atoms with Gasteiger partial charge < -0.3 is 20.3 Å². The highest BCUT2D eigenvalue weighted by Crippen LogP contribution is 2.20. The van der Waals surface area contributed by atoms with Crippen LogP contribution < -0.4 is 10.6 Å². The molecule has 0 bridgehead atoms. The van der Waals surface area contributed by atoms with Crippen molar-refractivity contribution in [2.45, 2.75) is 52.6 Å². The van der Waals surface area contributed by atoms with Crippen LogP contribution in [0.4, 0.5) is 0 Å². The second kappa shape index (κ2) is 11.5. The maximum absolute atomic E-state index is 11.8. The number of carbonyl (C=O) groups is 2. The van der Waals surface area contributed by atoms with Gasteiger partial charge in [-0.25, -0.2) is 4.99 Å². The van der Waals surface area contributed by atoms with Gasteiger partial charge in [0.2, 0.25) is 5.91 Å². The number of hydrogen-bond acceptors (Lipinski definition) is 4. The zero-order valence-electron chi connectivity index (χ0n) is 16.1. The molecule has 0 aromatic rings. The van der Waals surface area contributed by atoms with E-state index >= 15 is 0 Å². The molecule has 1 saturated heterocycles. The molecule has 1 fully saturated rings. The number of halogens is 1. The summed E-state index contributed by atoms with van der Waals surface area (Å²) in [7, 11) is 1.67. The molecule has 0 aromatic heterocycles. The van der Waals surface area contributed by atoms with Crippen molar-refractivity contribution >= 4 is 41.8 Å². The number of guanidine groups is 1. The number of rotatable bonds is 5. The van der Waals surface area contributed by atoms with Gasteiger partial charge in [-0.15, -0.1) is 24.0 Å². The van der Waals surface area contributed by atoms with E-state index in [0.29, 0.717) is 12.3 Å². The molecule has 0 saturated carbocycles. The molecule has 1 aliphatic heterocycles. The first-order valence-corrected chi connectivity index (χ1v) is 8.70. The number of nitrogens with one attached hydrogen (secondary N) is 2. The Balaban J connectivity index is 0.00000576. The van der Waals surface area contributed by atoms with Crippen LogP contribution in [0.3, 0.4) is 0 Å². The van der Waals surface area contributed by atoms with E-state index < -0.39 is 5.60 Å².